The van der Waals surface area contributed by atoms with Gasteiger partial charge in [-0.05, 0) is 42.9 Å². The molecule has 0 saturated heterocycles. The van der Waals surface area contributed by atoms with Gasteiger partial charge in [0.2, 0.25) is 0 Å². The summed E-state index contributed by atoms with van der Waals surface area (Å²) in [5, 5.41) is 0. The fourth-order valence-electron chi connectivity index (χ4n) is 3.88. The van der Waals surface area contributed by atoms with Crippen molar-refractivity contribution < 1.29 is 4.74 Å². The van der Waals surface area contributed by atoms with Crippen molar-refractivity contribution in [3.05, 3.63) is 24.8 Å². The highest BCUT2D eigenvalue weighted by atomic mass is 16.5. The standard InChI is InChI=1S/C13H18O/c1-2-6-14-13-8-9-7-12(13)11-5-3-4-10(9)11/h2-4,9-13H,1,5-8H2/t9-,10+,11+,12-,13-/m1/s1. The lowest BCUT2D eigenvalue weighted by molar-refractivity contribution is 0.00693. The number of rotatable bonds is 3. The Labute approximate surface area is 85.8 Å². The van der Waals surface area contributed by atoms with Crippen LogP contribution in [0.2, 0.25) is 0 Å². The lowest BCUT2D eigenvalue weighted by Gasteiger charge is -2.31. The van der Waals surface area contributed by atoms with Crippen LogP contribution in [-0.2, 0) is 4.74 Å². The molecule has 76 valence electrons. The molecule has 0 radical (unpaired) electrons. The first kappa shape index (κ1) is 8.72. The van der Waals surface area contributed by atoms with Crippen LogP contribution in [0.4, 0.5) is 0 Å². The highest BCUT2D eigenvalue weighted by molar-refractivity contribution is 5.14. The topological polar surface area (TPSA) is 9.23 Å². The summed E-state index contributed by atoms with van der Waals surface area (Å²) in [5.74, 6) is 3.60. The second kappa shape index (κ2) is 3.23. The molecule has 0 N–H and O–H groups in total. The summed E-state index contributed by atoms with van der Waals surface area (Å²) in [5.41, 5.74) is 0. The van der Waals surface area contributed by atoms with E-state index in [-0.39, 0.29) is 0 Å². The highest BCUT2D eigenvalue weighted by Gasteiger charge is 2.52. The quantitative estimate of drug-likeness (QED) is 0.622. The van der Waals surface area contributed by atoms with Gasteiger partial charge in [0.05, 0.1) is 12.7 Å². The van der Waals surface area contributed by atoms with Gasteiger partial charge in [0.15, 0.2) is 0 Å². The van der Waals surface area contributed by atoms with Gasteiger partial charge in [0.25, 0.3) is 0 Å². The summed E-state index contributed by atoms with van der Waals surface area (Å²) >= 11 is 0. The number of hydrogen-bond acceptors (Lipinski definition) is 1. The molecule has 0 spiro atoms. The molecule has 3 rings (SSSR count). The number of allylic oxidation sites excluding steroid dienone is 2. The molecule has 2 bridgehead atoms. The van der Waals surface area contributed by atoms with Crippen LogP contribution in [0.1, 0.15) is 19.3 Å². The van der Waals surface area contributed by atoms with Crippen LogP contribution in [0.3, 0.4) is 0 Å². The van der Waals surface area contributed by atoms with E-state index in [0.29, 0.717) is 6.10 Å². The van der Waals surface area contributed by atoms with E-state index in [1.807, 2.05) is 6.08 Å². The molecule has 0 aromatic heterocycles. The molecular formula is C13H18O. The van der Waals surface area contributed by atoms with Crippen molar-refractivity contribution in [1.82, 2.24) is 0 Å². The molecule has 0 heterocycles. The smallest absolute Gasteiger partial charge is 0.0648 e. The summed E-state index contributed by atoms with van der Waals surface area (Å²) in [4.78, 5) is 0. The van der Waals surface area contributed by atoms with Crippen molar-refractivity contribution in [3.63, 3.8) is 0 Å². The van der Waals surface area contributed by atoms with E-state index in [1.165, 1.54) is 19.3 Å². The van der Waals surface area contributed by atoms with Crippen molar-refractivity contribution >= 4 is 0 Å². The average molecular weight is 190 g/mol. The zero-order chi connectivity index (χ0) is 9.54. The predicted octanol–water partition coefficient (Wildman–Crippen LogP) is 2.79. The maximum Gasteiger partial charge on any atom is 0.0648 e. The Balaban J connectivity index is 1.69. The van der Waals surface area contributed by atoms with Gasteiger partial charge in [0, 0.05) is 0 Å². The largest absolute Gasteiger partial charge is 0.374 e. The first-order chi connectivity index (χ1) is 6.90. The second-order valence-corrected chi connectivity index (χ2v) is 4.96. The van der Waals surface area contributed by atoms with Gasteiger partial charge in [-0.2, -0.15) is 0 Å². The maximum atomic E-state index is 5.85. The number of hydrogen-bond donors (Lipinski definition) is 0. The Morgan fingerprint density at radius 3 is 3.14 bits per heavy atom. The van der Waals surface area contributed by atoms with Crippen molar-refractivity contribution in [2.75, 3.05) is 6.61 Å². The van der Waals surface area contributed by atoms with Crippen LogP contribution in [0.15, 0.2) is 24.8 Å². The molecule has 0 aromatic carbocycles. The minimum absolute atomic E-state index is 0.541. The fraction of sp³-hybridized carbons (Fsp3) is 0.692. The molecule has 0 unspecified atom stereocenters. The van der Waals surface area contributed by atoms with Crippen LogP contribution in [0.5, 0.6) is 0 Å². The van der Waals surface area contributed by atoms with Crippen LogP contribution in [0, 0.1) is 23.7 Å². The van der Waals surface area contributed by atoms with Gasteiger partial charge in [-0.25, -0.2) is 0 Å². The average Bonchev–Trinajstić information content (AvgIpc) is 2.85. The van der Waals surface area contributed by atoms with E-state index >= 15 is 0 Å². The van der Waals surface area contributed by atoms with Crippen molar-refractivity contribution in [2.45, 2.75) is 25.4 Å². The Bertz CT molecular complexity index is 268. The molecule has 3 aliphatic carbocycles. The van der Waals surface area contributed by atoms with Gasteiger partial charge < -0.3 is 4.74 Å². The van der Waals surface area contributed by atoms with Crippen LogP contribution in [-0.4, -0.2) is 12.7 Å². The molecule has 2 fully saturated rings. The van der Waals surface area contributed by atoms with E-state index in [0.717, 1.165) is 30.3 Å². The molecular weight excluding hydrogens is 172 g/mol. The Hall–Kier alpha value is -0.560. The zero-order valence-electron chi connectivity index (χ0n) is 8.56. The lowest BCUT2D eigenvalue weighted by Crippen LogP contribution is -2.30. The van der Waals surface area contributed by atoms with Crippen molar-refractivity contribution in [2.24, 2.45) is 23.7 Å². The monoisotopic (exact) mass is 190 g/mol. The van der Waals surface area contributed by atoms with Crippen LogP contribution in [0.25, 0.3) is 0 Å². The summed E-state index contributed by atoms with van der Waals surface area (Å²) in [6.07, 6.45) is 11.3. The zero-order valence-corrected chi connectivity index (χ0v) is 8.56. The normalized spacial score (nSPS) is 48.4. The SMILES string of the molecule is C=CCO[C@@H]1C[C@H]2C[C@@H]1[C@H]1CC=C[C@@H]21. The van der Waals surface area contributed by atoms with Gasteiger partial charge in [-0.15, -0.1) is 6.58 Å². The Morgan fingerprint density at radius 2 is 2.29 bits per heavy atom. The molecule has 2 saturated carbocycles. The van der Waals surface area contributed by atoms with Gasteiger partial charge in [0.1, 0.15) is 0 Å². The number of ether oxygens (including phenoxy) is 1. The summed E-state index contributed by atoms with van der Waals surface area (Å²) in [6.45, 7) is 4.45. The summed E-state index contributed by atoms with van der Waals surface area (Å²) < 4.78 is 5.85. The molecule has 0 aromatic rings. The predicted molar refractivity (Wildman–Crippen MR) is 56.9 cm³/mol. The Kier molecular flexibility index (Phi) is 2.01. The molecule has 3 aliphatic rings. The molecule has 5 atom stereocenters. The van der Waals surface area contributed by atoms with E-state index in [1.54, 1.807) is 0 Å². The third-order valence-corrected chi connectivity index (χ3v) is 4.37. The summed E-state index contributed by atoms with van der Waals surface area (Å²) in [7, 11) is 0. The maximum absolute atomic E-state index is 5.85. The minimum atomic E-state index is 0.541. The third kappa shape index (κ3) is 1.12. The Morgan fingerprint density at radius 1 is 1.36 bits per heavy atom. The van der Waals surface area contributed by atoms with Crippen LogP contribution >= 0.6 is 0 Å². The molecule has 0 amide bonds. The van der Waals surface area contributed by atoms with Gasteiger partial charge in [-0.1, -0.05) is 18.2 Å². The van der Waals surface area contributed by atoms with Crippen LogP contribution < -0.4 is 0 Å². The molecule has 1 heteroatoms. The molecule has 1 nitrogen and oxygen atoms in total. The number of fused-ring (bicyclic) bond motifs is 5. The second-order valence-electron chi connectivity index (χ2n) is 4.96. The van der Waals surface area contributed by atoms with Gasteiger partial charge in [-0.3, -0.25) is 0 Å². The van der Waals surface area contributed by atoms with Crippen molar-refractivity contribution in [1.29, 1.82) is 0 Å². The fourth-order valence-corrected chi connectivity index (χ4v) is 3.88. The molecule has 0 aliphatic heterocycles. The first-order valence-electron chi connectivity index (χ1n) is 5.79. The third-order valence-electron chi connectivity index (χ3n) is 4.37. The van der Waals surface area contributed by atoms with E-state index in [9.17, 15) is 0 Å². The van der Waals surface area contributed by atoms with E-state index < -0.39 is 0 Å². The van der Waals surface area contributed by atoms with E-state index in [2.05, 4.69) is 18.7 Å². The first-order valence-corrected chi connectivity index (χ1v) is 5.79. The lowest BCUT2D eigenvalue weighted by atomic mass is 9.80. The van der Waals surface area contributed by atoms with Crippen molar-refractivity contribution in [3.8, 4) is 0 Å². The van der Waals surface area contributed by atoms with E-state index in [4.69, 9.17) is 4.74 Å². The van der Waals surface area contributed by atoms with Gasteiger partial charge >= 0.3 is 0 Å². The highest BCUT2D eigenvalue weighted by Crippen LogP contribution is 2.57. The summed E-state index contributed by atoms with van der Waals surface area (Å²) in [6, 6.07) is 0. The molecule has 14 heavy (non-hydrogen) atoms. The minimum Gasteiger partial charge on any atom is -0.374 e.